The first-order valence-corrected chi connectivity index (χ1v) is 3.77. The van der Waals surface area contributed by atoms with Crippen LogP contribution in [0.4, 0.5) is 0 Å². The van der Waals surface area contributed by atoms with Crippen LogP contribution in [0.25, 0.3) is 0 Å². The molecule has 1 aromatic heterocycles. The van der Waals surface area contributed by atoms with E-state index in [4.69, 9.17) is 16.3 Å². The second-order valence-electron chi connectivity index (χ2n) is 2.41. The second kappa shape index (κ2) is 3.58. The third-order valence-corrected chi connectivity index (χ3v) is 1.21. The fourth-order valence-electron chi connectivity index (χ4n) is 0.635. The molecule has 0 fully saturated rings. The third-order valence-electron chi connectivity index (χ3n) is 1.00. The lowest BCUT2D eigenvalue weighted by Crippen LogP contribution is -2.06. The first-order valence-electron chi connectivity index (χ1n) is 3.39. The number of rotatable bonds is 2. The molecule has 1 aromatic rings. The van der Waals surface area contributed by atoms with E-state index in [2.05, 4.69) is 11.2 Å². The fourth-order valence-corrected chi connectivity index (χ4v) is 0.740. The second-order valence-corrected chi connectivity index (χ2v) is 2.82. The number of pyridine rings is 1. The van der Waals surface area contributed by atoms with Crippen LogP contribution >= 0.6 is 11.6 Å². The molecule has 0 aliphatic heterocycles. The molecule has 11 heavy (non-hydrogen) atoms. The van der Waals surface area contributed by atoms with E-state index in [1.165, 1.54) is 0 Å². The van der Waals surface area contributed by atoms with Crippen LogP contribution in [-0.4, -0.2) is 11.1 Å². The van der Waals surface area contributed by atoms with Crippen molar-refractivity contribution in [3.8, 4) is 5.88 Å². The average molecular weight is 171 g/mol. The van der Waals surface area contributed by atoms with Crippen LogP contribution in [0.3, 0.4) is 0 Å². The maximum atomic E-state index is 5.57. The molecule has 0 amide bonds. The molecule has 3 heteroatoms. The summed E-state index contributed by atoms with van der Waals surface area (Å²) in [6.07, 6.45) is 2.73. The van der Waals surface area contributed by atoms with Crippen molar-refractivity contribution in [2.75, 3.05) is 0 Å². The highest BCUT2D eigenvalue weighted by Gasteiger charge is 1.97. The largest absolute Gasteiger partial charge is 0.475 e. The molecule has 1 rings (SSSR count). The number of halogens is 1. The van der Waals surface area contributed by atoms with Crippen molar-refractivity contribution in [1.29, 1.82) is 0 Å². The molecular formula is C8H9ClNO. The summed E-state index contributed by atoms with van der Waals surface area (Å²) in [7, 11) is 0. The highest BCUT2D eigenvalue weighted by atomic mass is 35.5. The van der Waals surface area contributed by atoms with Crippen LogP contribution in [-0.2, 0) is 0 Å². The third kappa shape index (κ3) is 2.76. The van der Waals surface area contributed by atoms with E-state index in [1.807, 2.05) is 13.8 Å². The van der Waals surface area contributed by atoms with E-state index >= 15 is 0 Å². The minimum absolute atomic E-state index is 0.136. The van der Waals surface area contributed by atoms with E-state index in [-0.39, 0.29) is 6.10 Å². The number of ether oxygens (including phenoxy) is 1. The van der Waals surface area contributed by atoms with Crippen LogP contribution in [0.1, 0.15) is 13.8 Å². The summed E-state index contributed by atoms with van der Waals surface area (Å²) in [4.78, 5) is 3.84. The van der Waals surface area contributed by atoms with Crippen molar-refractivity contribution in [1.82, 2.24) is 4.98 Å². The summed E-state index contributed by atoms with van der Waals surface area (Å²) in [5.41, 5.74) is 0. The van der Waals surface area contributed by atoms with Crippen LogP contribution < -0.4 is 4.74 Å². The molecule has 2 nitrogen and oxygen atoms in total. The molecule has 0 saturated heterocycles. The fraction of sp³-hybridized carbons (Fsp3) is 0.375. The van der Waals surface area contributed by atoms with E-state index in [0.717, 1.165) is 0 Å². The molecule has 0 saturated carbocycles. The molecule has 0 atom stereocenters. The molecule has 0 N–H and O–H groups in total. The van der Waals surface area contributed by atoms with Crippen molar-refractivity contribution in [2.45, 2.75) is 20.0 Å². The normalized spacial score (nSPS) is 10.2. The monoisotopic (exact) mass is 170 g/mol. The first kappa shape index (κ1) is 8.34. The minimum Gasteiger partial charge on any atom is -0.475 e. The van der Waals surface area contributed by atoms with Gasteiger partial charge in [-0.2, -0.15) is 0 Å². The van der Waals surface area contributed by atoms with Gasteiger partial charge in [-0.15, -0.1) is 0 Å². The Morgan fingerprint density at radius 1 is 1.55 bits per heavy atom. The van der Waals surface area contributed by atoms with E-state index < -0.39 is 0 Å². The summed E-state index contributed by atoms with van der Waals surface area (Å²) in [5, 5.41) is 0.501. The highest BCUT2D eigenvalue weighted by Crippen LogP contribution is 2.11. The molecular weight excluding hydrogens is 162 g/mol. The minimum atomic E-state index is 0.136. The van der Waals surface area contributed by atoms with Gasteiger partial charge in [0, 0.05) is 6.07 Å². The lowest BCUT2D eigenvalue weighted by molar-refractivity contribution is 0.232. The predicted octanol–water partition coefficient (Wildman–Crippen LogP) is 2.32. The Morgan fingerprint density at radius 2 is 2.27 bits per heavy atom. The van der Waals surface area contributed by atoms with Gasteiger partial charge in [0.1, 0.15) is 6.20 Å². The number of hydrogen-bond donors (Lipinski definition) is 0. The molecule has 0 unspecified atom stereocenters. The number of aromatic nitrogens is 1. The Morgan fingerprint density at radius 3 is 2.73 bits per heavy atom. The maximum Gasteiger partial charge on any atom is 0.214 e. The highest BCUT2D eigenvalue weighted by molar-refractivity contribution is 6.30. The topological polar surface area (TPSA) is 22.1 Å². The Balaban J connectivity index is 2.66. The van der Waals surface area contributed by atoms with E-state index in [9.17, 15) is 0 Å². The quantitative estimate of drug-likeness (QED) is 0.680. The van der Waals surface area contributed by atoms with Crippen LogP contribution in [0.2, 0.25) is 5.02 Å². The Bertz CT molecular complexity index is 220. The van der Waals surface area contributed by atoms with Crippen molar-refractivity contribution < 1.29 is 4.74 Å². The van der Waals surface area contributed by atoms with E-state index in [1.54, 1.807) is 12.1 Å². The van der Waals surface area contributed by atoms with Crippen LogP contribution in [0.5, 0.6) is 5.88 Å². The van der Waals surface area contributed by atoms with Gasteiger partial charge in [-0.3, -0.25) is 0 Å². The lowest BCUT2D eigenvalue weighted by Gasteiger charge is -2.06. The van der Waals surface area contributed by atoms with Crippen molar-refractivity contribution in [3.05, 3.63) is 23.4 Å². The van der Waals surface area contributed by atoms with Gasteiger partial charge in [0.2, 0.25) is 5.88 Å². The molecule has 59 valence electrons. The summed E-state index contributed by atoms with van der Waals surface area (Å²) < 4.78 is 5.27. The van der Waals surface area contributed by atoms with Crippen molar-refractivity contribution in [2.24, 2.45) is 0 Å². The van der Waals surface area contributed by atoms with Gasteiger partial charge < -0.3 is 4.74 Å². The van der Waals surface area contributed by atoms with Gasteiger partial charge in [-0.1, -0.05) is 11.6 Å². The predicted molar refractivity (Wildman–Crippen MR) is 43.8 cm³/mol. The SMILES string of the molecule is CC(C)Oc1ccc(Cl)[c]n1. The van der Waals surface area contributed by atoms with E-state index in [0.29, 0.717) is 10.9 Å². The zero-order valence-corrected chi connectivity index (χ0v) is 7.22. The average Bonchev–Trinajstić information content (AvgIpc) is 1.93. The number of hydrogen-bond acceptors (Lipinski definition) is 2. The zero-order chi connectivity index (χ0) is 8.27. The summed E-state index contributed by atoms with van der Waals surface area (Å²) >= 11 is 5.57. The van der Waals surface area contributed by atoms with Gasteiger partial charge in [0.05, 0.1) is 11.1 Å². The van der Waals surface area contributed by atoms with Crippen molar-refractivity contribution >= 4 is 11.6 Å². The van der Waals surface area contributed by atoms with Crippen LogP contribution in [0.15, 0.2) is 12.1 Å². The smallest absolute Gasteiger partial charge is 0.214 e. The Kier molecular flexibility index (Phi) is 2.71. The van der Waals surface area contributed by atoms with Gasteiger partial charge in [0.15, 0.2) is 0 Å². The summed E-state index contributed by atoms with van der Waals surface area (Å²) in [6.45, 7) is 3.88. The van der Waals surface area contributed by atoms with Gasteiger partial charge in [-0.25, -0.2) is 4.98 Å². The summed E-state index contributed by atoms with van der Waals surface area (Å²) in [6, 6.07) is 3.42. The van der Waals surface area contributed by atoms with Crippen molar-refractivity contribution in [3.63, 3.8) is 0 Å². The molecule has 1 radical (unpaired) electrons. The van der Waals surface area contributed by atoms with Crippen LogP contribution in [0, 0.1) is 6.20 Å². The zero-order valence-electron chi connectivity index (χ0n) is 6.47. The summed E-state index contributed by atoms with van der Waals surface area (Å²) in [5.74, 6) is 0.560. The maximum absolute atomic E-state index is 5.57. The lowest BCUT2D eigenvalue weighted by atomic mass is 10.4. The standard InChI is InChI=1S/C8H9ClNO/c1-6(2)11-8-4-3-7(9)5-10-8/h3-4,6H,1-2H3. The Labute approximate surface area is 71.2 Å². The van der Waals surface area contributed by atoms with Gasteiger partial charge in [-0.05, 0) is 19.9 Å². The van der Waals surface area contributed by atoms with Gasteiger partial charge in [0.25, 0.3) is 0 Å². The molecule has 0 aliphatic carbocycles. The molecule has 0 aliphatic rings. The molecule has 1 heterocycles. The molecule has 0 aromatic carbocycles. The number of nitrogens with zero attached hydrogens (tertiary/aromatic N) is 1. The molecule has 0 bridgehead atoms. The molecule has 0 spiro atoms. The Hall–Kier alpha value is -0.760. The first-order chi connectivity index (χ1) is 5.18. The van der Waals surface area contributed by atoms with Gasteiger partial charge >= 0.3 is 0 Å².